The number of hydrogen-bond donors (Lipinski definition) is 0. The number of benzene rings is 1. The van der Waals surface area contributed by atoms with Crippen LogP contribution in [0, 0.1) is 0 Å². The zero-order chi connectivity index (χ0) is 18.4. The number of aromatic nitrogens is 2. The molecule has 0 bridgehead atoms. The van der Waals surface area contributed by atoms with Crippen LogP contribution in [0.4, 0.5) is 0 Å². The van der Waals surface area contributed by atoms with E-state index in [9.17, 15) is 14.4 Å². The zero-order valence-electron chi connectivity index (χ0n) is 14.4. The Morgan fingerprint density at radius 3 is 2.72 bits per heavy atom. The molecular weight excluding hydrogens is 344 g/mol. The van der Waals surface area contributed by atoms with Gasteiger partial charge in [0.05, 0.1) is 31.0 Å². The van der Waals surface area contributed by atoms with Crippen molar-refractivity contribution < 1.29 is 19.1 Å². The number of methoxy groups -OCH3 is 1. The number of carbonyl (C=O) groups is 2. The number of fused-ring (bicyclic) bond motifs is 1. The summed E-state index contributed by atoms with van der Waals surface area (Å²) in [5, 5.41) is 0.297. The summed E-state index contributed by atoms with van der Waals surface area (Å²) in [6, 6.07) is 6.96. The molecule has 0 fully saturated rings. The number of hydrogen-bond acceptors (Lipinski definition) is 7. The van der Waals surface area contributed by atoms with Gasteiger partial charge < -0.3 is 9.47 Å². The van der Waals surface area contributed by atoms with Gasteiger partial charge in [0.2, 0.25) is 0 Å². The van der Waals surface area contributed by atoms with Gasteiger partial charge in [0.25, 0.3) is 5.56 Å². The summed E-state index contributed by atoms with van der Waals surface area (Å²) in [4.78, 5) is 40.6. The smallest absolute Gasteiger partial charge is 0.319 e. The third kappa shape index (κ3) is 4.60. The van der Waals surface area contributed by atoms with Gasteiger partial charge in [-0.3, -0.25) is 19.0 Å². The Kier molecular flexibility index (Phi) is 6.58. The molecular formula is C17H20N2O5S. The normalized spacial score (nSPS) is 12.0. The van der Waals surface area contributed by atoms with E-state index in [2.05, 4.69) is 9.72 Å². The topological polar surface area (TPSA) is 87.5 Å². The Balaban J connectivity index is 2.42. The fourth-order valence-electron chi connectivity index (χ4n) is 2.21. The van der Waals surface area contributed by atoms with Gasteiger partial charge in [-0.1, -0.05) is 23.9 Å². The monoisotopic (exact) mass is 364 g/mol. The molecule has 7 nitrogen and oxygen atoms in total. The predicted molar refractivity (Wildman–Crippen MR) is 94.6 cm³/mol. The van der Waals surface area contributed by atoms with Crippen LogP contribution in [0.2, 0.25) is 0 Å². The van der Waals surface area contributed by atoms with Gasteiger partial charge in [-0.25, -0.2) is 4.98 Å². The third-order valence-electron chi connectivity index (χ3n) is 3.49. The van der Waals surface area contributed by atoms with Gasteiger partial charge in [0, 0.05) is 6.54 Å². The lowest BCUT2D eigenvalue weighted by Crippen LogP contribution is -2.26. The molecule has 1 aromatic heterocycles. The highest BCUT2D eigenvalue weighted by Crippen LogP contribution is 2.23. The van der Waals surface area contributed by atoms with Crippen LogP contribution in [0.1, 0.15) is 20.3 Å². The number of thioether (sulfide) groups is 1. The molecule has 134 valence electrons. The van der Waals surface area contributed by atoms with Gasteiger partial charge in [-0.05, 0) is 26.0 Å². The van der Waals surface area contributed by atoms with Crippen LogP contribution in [0.15, 0.2) is 34.2 Å². The average molecular weight is 364 g/mol. The van der Waals surface area contributed by atoms with Crippen LogP contribution in [0.25, 0.3) is 10.9 Å². The summed E-state index contributed by atoms with van der Waals surface area (Å²) >= 11 is 1.13. The van der Waals surface area contributed by atoms with E-state index in [1.165, 1.54) is 11.7 Å². The highest BCUT2D eigenvalue weighted by Gasteiger charge is 2.20. The Bertz CT molecular complexity index is 833. The van der Waals surface area contributed by atoms with Crippen molar-refractivity contribution in [2.45, 2.75) is 37.2 Å². The average Bonchev–Trinajstić information content (AvgIpc) is 2.61. The van der Waals surface area contributed by atoms with Gasteiger partial charge >= 0.3 is 11.9 Å². The number of esters is 2. The Morgan fingerprint density at radius 1 is 1.32 bits per heavy atom. The molecule has 0 saturated heterocycles. The molecule has 1 aromatic carbocycles. The van der Waals surface area contributed by atoms with E-state index in [4.69, 9.17) is 4.74 Å². The maximum atomic E-state index is 12.8. The molecule has 0 N–H and O–H groups in total. The second kappa shape index (κ2) is 8.66. The molecule has 2 aromatic rings. The van der Waals surface area contributed by atoms with E-state index < -0.39 is 11.2 Å². The Morgan fingerprint density at radius 2 is 2.04 bits per heavy atom. The fourth-order valence-corrected chi connectivity index (χ4v) is 3.14. The molecule has 0 aliphatic carbocycles. The Hall–Kier alpha value is -2.35. The third-order valence-corrected chi connectivity index (χ3v) is 4.56. The first-order valence-electron chi connectivity index (χ1n) is 7.87. The summed E-state index contributed by atoms with van der Waals surface area (Å²) in [5.74, 6) is -0.802. The van der Waals surface area contributed by atoms with Crippen molar-refractivity contribution in [3.05, 3.63) is 34.6 Å². The number of nitrogens with zero attached hydrogens (tertiary/aromatic N) is 2. The highest BCUT2D eigenvalue weighted by atomic mass is 32.2. The predicted octanol–water partition coefficient (Wildman–Crippen LogP) is 2.00. The molecule has 8 heteroatoms. The molecule has 2 rings (SSSR count). The molecule has 0 amide bonds. The zero-order valence-corrected chi connectivity index (χ0v) is 15.2. The van der Waals surface area contributed by atoms with Crippen molar-refractivity contribution in [3.8, 4) is 0 Å². The second-order valence-corrected chi connectivity index (χ2v) is 6.51. The molecule has 0 spiro atoms. The number of para-hydroxylation sites is 1. The van der Waals surface area contributed by atoms with E-state index >= 15 is 0 Å². The molecule has 1 heterocycles. The van der Waals surface area contributed by atoms with E-state index in [0.717, 1.165) is 11.8 Å². The van der Waals surface area contributed by atoms with Crippen molar-refractivity contribution in [1.29, 1.82) is 0 Å². The summed E-state index contributed by atoms with van der Waals surface area (Å²) in [6.07, 6.45) is 0.0395. The lowest BCUT2D eigenvalue weighted by molar-refractivity contribution is -0.142. The minimum absolute atomic E-state index is 0.0395. The van der Waals surface area contributed by atoms with Crippen LogP contribution in [0.3, 0.4) is 0 Å². The SMILES string of the molecule is CCOC(=O)C(C)Sc1nc2ccccc2c(=O)n1CCC(=O)OC. The Labute approximate surface area is 149 Å². The minimum Gasteiger partial charge on any atom is -0.469 e. The maximum absolute atomic E-state index is 12.8. The van der Waals surface area contributed by atoms with Gasteiger partial charge in [-0.15, -0.1) is 0 Å². The fraction of sp³-hybridized carbons (Fsp3) is 0.412. The van der Waals surface area contributed by atoms with Gasteiger partial charge in [0.15, 0.2) is 5.16 Å². The first kappa shape index (κ1) is 19.0. The maximum Gasteiger partial charge on any atom is 0.319 e. The van der Waals surface area contributed by atoms with Gasteiger partial charge in [0.1, 0.15) is 5.25 Å². The lowest BCUT2D eigenvalue weighted by atomic mass is 10.2. The molecule has 0 aliphatic heterocycles. The summed E-state index contributed by atoms with van der Waals surface area (Å²) in [5.41, 5.74) is 0.286. The quantitative estimate of drug-likeness (QED) is 0.422. The van der Waals surface area contributed by atoms with Crippen molar-refractivity contribution >= 4 is 34.6 Å². The second-order valence-electron chi connectivity index (χ2n) is 5.21. The largest absolute Gasteiger partial charge is 0.469 e. The molecule has 0 radical (unpaired) electrons. The van der Waals surface area contributed by atoms with Crippen molar-refractivity contribution in [2.24, 2.45) is 0 Å². The van der Waals surface area contributed by atoms with E-state index in [0.29, 0.717) is 16.1 Å². The van der Waals surface area contributed by atoms with Crippen LogP contribution >= 0.6 is 11.8 Å². The number of carbonyl (C=O) groups excluding carboxylic acids is 2. The number of rotatable bonds is 7. The molecule has 1 unspecified atom stereocenters. The first-order chi connectivity index (χ1) is 12.0. The first-order valence-corrected chi connectivity index (χ1v) is 8.75. The van der Waals surface area contributed by atoms with E-state index in [1.54, 1.807) is 38.1 Å². The summed E-state index contributed by atoms with van der Waals surface area (Å²) < 4.78 is 11.0. The van der Waals surface area contributed by atoms with Crippen LogP contribution < -0.4 is 5.56 Å². The van der Waals surface area contributed by atoms with Crippen LogP contribution in [-0.2, 0) is 25.6 Å². The molecule has 25 heavy (non-hydrogen) atoms. The molecule has 0 saturated carbocycles. The lowest BCUT2D eigenvalue weighted by Gasteiger charge is -2.15. The van der Waals surface area contributed by atoms with Crippen molar-refractivity contribution in [2.75, 3.05) is 13.7 Å². The van der Waals surface area contributed by atoms with E-state index in [1.807, 2.05) is 0 Å². The van der Waals surface area contributed by atoms with E-state index in [-0.39, 0.29) is 31.1 Å². The standard InChI is InChI=1S/C17H20N2O5S/c1-4-24-16(22)11(2)25-17-18-13-8-6-5-7-12(13)15(21)19(17)10-9-14(20)23-3/h5-8,11H,4,9-10H2,1-3H3. The van der Waals surface area contributed by atoms with Gasteiger partial charge in [-0.2, -0.15) is 0 Å². The minimum atomic E-state index is -0.530. The molecule has 0 aliphatic rings. The van der Waals surface area contributed by atoms with Crippen molar-refractivity contribution in [3.63, 3.8) is 0 Å². The van der Waals surface area contributed by atoms with Crippen LogP contribution in [-0.4, -0.2) is 40.5 Å². The van der Waals surface area contributed by atoms with Crippen LogP contribution in [0.5, 0.6) is 0 Å². The van der Waals surface area contributed by atoms with Crippen molar-refractivity contribution in [1.82, 2.24) is 9.55 Å². The molecule has 1 atom stereocenters. The summed E-state index contributed by atoms with van der Waals surface area (Å²) in [6.45, 7) is 3.83. The summed E-state index contributed by atoms with van der Waals surface area (Å²) in [7, 11) is 1.29. The highest BCUT2D eigenvalue weighted by molar-refractivity contribution is 8.00. The number of ether oxygens (including phenoxy) is 2.